The largest absolute Gasteiger partial charge is 0.493 e. The summed E-state index contributed by atoms with van der Waals surface area (Å²) in [6.07, 6.45) is 1.54. The summed E-state index contributed by atoms with van der Waals surface area (Å²) in [5.41, 5.74) is 3.85. The maximum atomic E-state index is 12.6. The van der Waals surface area contributed by atoms with Gasteiger partial charge in [0.15, 0.2) is 11.5 Å². The van der Waals surface area contributed by atoms with E-state index < -0.39 is 0 Å². The first-order valence-electron chi connectivity index (χ1n) is 8.56. The second-order valence-electron chi connectivity index (χ2n) is 7.78. The average Bonchev–Trinajstić information content (AvgIpc) is 2.55. The summed E-state index contributed by atoms with van der Waals surface area (Å²) in [5, 5.41) is 7.95. The van der Waals surface area contributed by atoms with Crippen molar-refractivity contribution in [1.29, 1.82) is 0 Å². The first-order valence-corrected chi connectivity index (χ1v) is 8.56. The van der Waals surface area contributed by atoms with Crippen LogP contribution in [0.4, 0.5) is 0 Å². The van der Waals surface area contributed by atoms with Gasteiger partial charge >= 0.3 is 0 Å². The molecule has 7 heteroatoms. The minimum Gasteiger partial charge on any atom is -0.493 e. The van der Waals surface area contributed by atoms with E-state index in [-0.39, 0.29) is 17.0 Å². The van der Waals surface area contributed by atoms with Crippen molar-refractivity contribution in [2.24, 2.45) is 5.10 Å². The highest BCUT2D eigenvalue weighted by atomic mass is 16.5. The molecule has 1 fully saturated rings. The summed E-state index contributed by atoms with van der Waals surface area (Å²) in [5.74, 6) is 0.966. The lowest BCUT2D eigenvalue weighted by Gasteiger charge is -2.43. The second kappa shape index (κ2) is 7.53. The minimum atomic E-state index is -0.328. The van der Waals surface area contributed by atoms with Crippen molar-refractivity contribution < 1.29 is 19.0 Å². The molecule has 1 saturated heterocycles. The molecule has 26 heavy (non-hydrogen) atoms. The van der Waals surface area contributed by atoms with E-state index in [0.717, 1.165) is 18.6 Å². The third-order valence-corrected chi connectivity index (χ3v) is 4.21. The summed E-state index contributed by atoms with van der Waals surface area (Å²) in [6.45, 7) is 8.52. The molecule has 1 amide bonds. The van der Waals surface area contributed by atoms with Gasteiger partial charge in [-0.15, -0.1) is 0 Å². The fourth-order valence-electron chi connectivity index (χ4n) is 3.57. The van der Waals surface area contributed by atoms with Gasteiger partial charge in [0.05, 0.1) is 21.3 Å². The number of methoxy groups -OCH3 is 3. The number of piperidine rings is 1. The van der Waals surface area contributed by atoms with Crippen molar-refractivity contribution in [2.45, 2.75) is 51.6 Å². The van der Waals surface area contributed by atoms with Gasteiger partial charge in [0, 0.05) is 35.2 Å². The quantitative estimate of drug-likeness (QED) is 0.786. The van der Waals surface area contributed by atoms with E-state index in [1.54, 1.807) is 12.1 Å². The number of nitrogens with one attached hydrogen (secondary N) is 2. The van der Waals surface area contributed by atoms with Crippen molar-refractivity contribution in [3.05, 3.63) is 17.7 Å². The predicted molar refractivity (Wildman–Crippen MR) is 102 cm³/mol. The number of hydrogen-bond donors (Lipinski definition) is 2. The van der Waals surface area contributed by atoms with Crippen LogP contribution in [-0.2, 0) is 0 Å². The van der Waals surface area contributed by atoms with Crippen LogP contribution in [0.5, 0.6) is 17.2 Å². The van der Waals surface area contributed by atoms with Crippen LogP contribution >= 0.6 is 0 Å². The molecule has 0 spiro atoms. The van der Waals surface area contributed by atoms with Crippen molar-refractivity contribution >= 4 is 11.6 Å². The fraction of sp³-hybridized carbons (Fsp3) is 0.579. The highest BCUT2D eigenvalue weighted by Gasteiger charge is 2.35. The van der Waals surface area contributed by atoms with Crippen LogP contribution in [0, 0.1) is 0 Å². The number of amides is 1. The molecular formula is C19H29N3O4. The lowest BCUT2D eigenvalue weighted by Crippen LogP contribution is -2.58. The van der Waals surface area contributed by atoms with E-state index in [1.807, 2.05) is 0 Å². The zero-order valence-corrected chi connectivity index (χ0v) is 16.6. The lowest BCUT2D eigenvalue weighted by molar-refractivity contribution is 0.0953. The molecule has 0 radical (unpaired) electrons. The van der Waals surface area contributed by atoms with E-state index in [1.165, 1.54) is 21.3 Å². The van der Waals surface area contributed by atoms with Gasteiger partial charge in [0.25, 0.3) is 5.91 Å². The molecule has 1 aliphatic heterocycles. The van der Waals surface area contributed by atoms with Crippen LogP contribution in [-0.4, -0.2) is 44.0 Å². The molecule has 2 N–H and O–H groups in total. The summed E-state index contributed by atoms with van der Waals surface area (Å²) < 4.78 is 15.9. The summed E-state index contributed by atoms with van der Waals surface area (Å²) >= 11 is 0. The molecule has 0 bridgehead atoms. The Bertz CT molecular complexity index is 668. The third-order valence-electron chi connectivity index (χ3n) is 4.21. The van der Waals surface area contributed by atoms with Crippen molar-refractivity contribution in [3.8, 4) is 17.2 Å². The molecule has 0 unspecified atom stereocenters. The van der Waals surface area contributed by atoms with E-state index >= 15 is 0 Å². The highest BCUT2D eigenvalue weighted by Crippen LogP contribution is 2.38. The maximum Gasteiger partial charge on any atom is 0.271 e. The van der Waals surface area contributed by atoms with Crippen molar-refractivity contribution in [3.63, 3.8) is 0 Å². The van der Waals surface area contributed by atoms with Gasteiger partial charge in [0.1, 0.15) is 0 Å². The van der Waals surface area contributed by atoms with Crippen LogP contribution in [0.3, 0.4) is 0 Å². The van der Waals surface area contributed by atoms with E-state index in [2.05, 4.69) is 43.5 Å². The molecule has 1 aromatic carbocycles. The monoisotopic (exact) mass is 363 g/mol. The van der Waals surface area contributed by atoms with Crippen molar-refractivity contribution in [2.75, 3.05) is 21.3 Å². The molecule has 7 nitrogen and oxygen atoms in total. The smallest absolute Gasteiger partial charge is 0.271 e. The van der Waals surface area contributed by atoms with Crippen LogP contribution in [0.1, 0.15) is 50.9 Å². The Morgan fingerprint density at radius 2 is 1.50 bits per heavy atom. The number of carbonyl (C=O) groups is 1. The van der Waals surface area contributed by atoms with Gasteiger partial charge in [-0.2, -0.15) is 5.10 Å². The Morgan fingerprint density at radius 3 is 1.92 bits per heavy atom. The number of carbonyl (C=O) groups excluding carboxylic acids is 1. The molecule has 1 aromatic rings. The maximum absolute atomic E-state index is 12.6. The van der Waals surface area contributed by atoms with Gasteiger partial charge in [-0.1, -0.05) is 0 Å². The third kappa shape index (κ3) is 4.66. The lowest BCUT2D eigenvalue weighted by atomic mass is 9.81. The molecule has 0 aliphatic carbocycles. The van der Waals surface area contributed by atoms with Gasteiger partial charge in [-0.05, 0) is 39.8 Å². The molecule has 1 aliphatic rings. The SMILES string of the molecule is COc1cc(C(=O)NN=C2CC(C)(C)NC(C)(C)C2)cc(OC)c1OC. The minimum absolute atomic E-state index is 0.0716. The van der Waals surface area contributed by atoms with Gasteiger partial charge in [0.2, 0.25) is 5.75 Å². The predicted octanol–water partition coefficient (Wildman–Crippen LogP) is 2.74. The molecule has 0 atom stereocenters. The Morgan fingerprint density at radius 1 is 1.00 bits per heavy atom. The van der Waals surface area contributed by atoms with Gasteiger partial charge in [-0.3, -0.25) is 4.79 Å². The number of hydrogen-bond acceptors (Lipinski definition) is 6. The molecule has 144 valence electrons. The average molecular weight is 363 g/mol. The Labute approximate surface area is 155 Å². The Hall–Kier alpha value is -2.28. The van der Waals surface area contributed by atoms with Crippen LogP contribution in [0.25, 0.3) is 0 Å². The number of nitrogens with zero attached hydrogens (tertiary/aromatic N) is 1. The van der Waals surface area contributed by atoms with Crippen LogP contribution in [0.2, 0.25) is 0 Å². The van der Waals surface area contributed by atoms with Gasteiger partial charge < -0.3 is 19.5 Å². The molecule has 0 aromatic heterocycles. The molecule has 0 saturated carbocycles. The summed E-state index contributed by atoms with van der Waals surface area (Å²) in [4.78, 5) is 12.6. The van der Waals surface area contributed by atoms with Crippen LogP contribution < -0.4 is 25.0 Å². The molecule has 2 rings (SSSR count). The number of ether oxygens (including phenoxy) is 3. The number of rotatable bonds is 5. The van der Waals surface area contributed by atoms with Crippen LogP contribution in [0.15, 0.2) is 17.2 Å². The molecule has 1 heterocycles. The first-order chi connectivity index (χ1) is 12.1. The first kappa shape index (κ1) is 20.0. The summed E-state index contributed by atoms with van der Waals surface area (Å²) in [7, 11) is 4.55. The summed E-state index contributed by atoms with van der Waals surface area (Å²) in [6, 6.07) is 3.21. The Balaban J connectivity index is 2.22. The number of hydrazone groups is 1. The Kier molecular flexibility index (Phi) is 5.81. The molecular weight excluding hydrogens is 334 g/mol. The highest BCUT2D eigenvalue weighted by molar-refractivity contribution is 5.97. The van der Waals surface area contributed by atoms with E-state index in [0.29, 0.717) is 22.8 Å². The van der Waals surface area contributed by atoms with Crippen molar-refractivity contribution in [1.82, 2.24) is 10.7 Å². The number of benzene rings is 1. The normalized spacial score (nSPS) is 18.0. The zero-order valence-electron chi connectivity index (χ0n) is 16.6. The topological polar surface area (TPSA) is 81.2 Å². The van der Waals surface area contributed by atoms with E-state index in [9.17, 15) is 4.79 Å². The van der Waals surface area contributed by atoms with Gasteiger partial charge in [-0.25, -0.2) is 5.43 Å². The van der Waals surface area contributed by atoms with E-state index in [4.69, 9.17) is 14.2 Å². The standard InChI is InChI=1S/C19H29N3O4/c1-18(2)10-13(11-19(3,4)22-18)20-21-17(23)12-8-14(24-5)16(26-7)15(9-12)25-6/h8-9,22H,10-11H2,1-7H3,(H,21,23). The second-order valence-corrected chi connectivity index (χ2v) is 7.78. The fourth-order valence-corrected chi connectivity index (χ4v) is 3.57. The zero-order chi connectivity index (χ0) is 19.5.